The number of hydrogen-bond donors (Lipinski definition) is 1. The van der Waals surface area contributed by atoms with Crippen LogP contribution >= 0.6 is 27.7 Å². The van der Waals surface area contributed by atoms with Crippen LogP contribution in [-0.4, -0.2) is 23.5 Å². The van der Waals surface area contributed by atoms with E-state index < -0.39 is 0 Å². The monoisotopic (exact) mass is 327 g/mol. The molecule has 1 heterocycles. The van der Waals surface area contributed by atoms with E-state index in [-0.39, 0.29) is 5.91 Å². The van der Waals surface area contributed by atoms with Crippen LogP contribution in [0.4, 0.5) is 0 Å². The maximum absolute atomic E-state index is 12.1. The van der Waals surface area contributed by atoms with E-state index in [4.69, 9.17) is 0 Å². The molecule has 1 aromatic rings. The first-order valence-electron chi connectivity index (χ1n) is 6.33. The summed E-state index contributed by atoms with van der Waals surface area (Å²) in [5, 5.41) is 3.64. The van der Waals surface area contributed by atoms with Gasteiger partial charge in [0.05, 0.1) is 5.56 Å². The normalized spacial score (nSPS) is 19.6. The Kier molecular flexibility index (Phi) is 5.13. The Balaban J connectivity index is 1.92. The summed E-state index contributed by atoms with van der Waals surface area (Å²) in [6.45, 7) is 2.78. The maximum atomic E-state index is 12.1. The quantitative estimate of drug-likeness (QED) is 0.915. The predicted octanol–water partition coefficient (Wildman–Crippen LogP) is 3.77. The number of aryl methyl sites for hydroxylation is 1. The Morgan fingerprint density at radius 3 is 3.06 bits per heavy atom. The maximum Gasteiger partial charge on any atom is 0.252 e. The number of carbonyl (C=O) groups is 1. The molecule has 2 rings (SSSR count). The Morgan fingerprint density at radius 1 is 1.50 bits per heavy atom. The molecule has 1 fully saturated rings. The first-order valence-corrected chi connectivity index (χ1v) is 8.17. The van der Waals surface area contributed by atoms with Gasteiger partial charge in [-0.15, -0.1) is 0 Å². The minimum Gasteiger partial charge on any atom is -0.351 e. The fraction of sp³-hybridized carbons (Fsp3) is 0.500. The van der Waals surface area contributed by atoms with Crippen LogP contribution in [0.3, 0.4) is 0 Å². The zero-order valence-corrected chi connectivity index (χ0v) is 12.9. The summed E-state index contributed by atoms with van der Waals surface area (Å²) >= 11 is 5.41. The molecule has 18 heavy (non-hydrogen) atoms. The molecule has 4 heteroatoms. The van der Waals surface area contributed by atoms with Crippen molar-refractivity contribution in [1.29, 1.82) is 0 Å². The van der Waals surface area contributed by atoms with Crippen molar-refractivity contribution in [2.75, 3.05) is 12.3 Å². The van der Waals surface area contributed by atoms with E-state index in [9.17, 15) is 4.79 Å². The van der Waals surface area contributed by atoms with Crippen molar-refractivity contribution in [3.05, 3.63) is 33.8 Å². The Hall–Kier alpha value is -0.480. The van der Waals surface area contributed by atoms with Crippen LogP contribution in [0, 0.1) is 6.92 Å². The Bertz CT molecular complexity index is 430. The second-order valence-electron chi connectivity index (χ2n) is 4.68. The second-order valence-corrected chi connectivity index (χ2v) is 6.94. The zero-order chi connectivity index (χ0) is 13.0. The molecule has 1 amide bonds. The molecule has 98 valence electrons. The molecule has 0 radical (unpaired) electrons. The van der Waals surface area contributed by atoms with Crippen molar-refractivity contribution in [3.8, 4) is 0 Å². The first kappa shape index (κ1) is 13.9. The first-order chi connectivity index (χ1) is 8.66. The number of halogens is 1. The van der Waals surface area contributed by atoms with Crippen LogP contribution in [0.1, 0.15) is 35.2 Å². The van der Waals surface area contributed by atoms with E-state index in [1.807, 2.05) is 36.9 Å². The van der Waals surface area contributed by atoms with Gasteiger partial charge in [-0.3, -0.25) is 4.79 Å². The van der Waals surface area contributed by atoms with Gasteiger partial charge in [0.1, 0.15) is 0 Å². The highest BCUT2D eigenvalue weighted by molar-refractivity contribution is 9.10. The third-order valence-corrected chi connectivity index (χ3v) is 5.22. The SMILES string of the molecule is Cc1ccc(Br)c(C(=O)NCC2CCCCS2)c1. The van der Waals surface area contributed by atoms with Gasteiger partial charge in [0.2, 0.25) is 0 Å². The average Bonchev–Trinajstić information content (AvgIpc) is 2.40. The highest BCUT2D eigenvalue weighted by atomic mass is 79.9. The Labute approximate surface area is 121 Å². The number of nitrogens with one attached hydrogen (secondary N) is 1. The van der Waals surface area contributed by atoms with Crippen LogP contribution in [-0.2, 0) is 0 Å². The summed E-state index contributed by atoms with van der Waals surface area (Å²) < 4.78 is 0.863. The van der Waals surface area contributed by atoms with Gasteiger partial charge >= 0.3 is 0 Å². The lowest BCUT2D eigenvalue weighted by atomic mass is 10.1. The zero-order valence-electron chi connectivity index (χ0n) is 10.5. The molecule has 0 aromatic heterocycles. The van der Waals surface area contributed by atoms with E-state index in [0.29, 0.717) is 5.25 Å². The largest absolute Gasteiger partial charge is 0.351 e. The van der Waals surface area contributed by atoms with Crippen LogP contribution in [0.25, 0.3) is 0 Å². The summed E-state index contributed by atoms with van der Waals surface area (Å²) in [7, 11) is 0. The van der Waals surface area contributed by atoms with E-state index in [2.05, 4.69) is 21.2 Å². The smallest absolute Gasteiger partial charge is 0.252 e. The Morgan fingerprint density at radius 2 is 2.33 bits per heavy atom. The molecule has 0 bridgehead atoms. The molecule has 0 saturated carbocycles. The van der Waals surface area contributed by atoms with Gasteiger partial charge in [0.15, 0.2) is 0 Å². The summed E-state index contributed by atoms with van der Waals surface area (Å²) in [5.74, 6) is 1.26. The van der Waals surface area contributed by atoms with Gasteiger partial charge in [-0.05, 0) is 53.6 Å². The van der Waals surface area contributed by atoms with Gasteiger partial charge in [-0.1, -0.05) is 18.1 Å². The lowest BCUT2D eigenvalue weighted by Gasteiger charge is -2.21. The molecule has 1 aromatic carbocycles. The van der Waals surface area contributed by atoms with E-state index in [1.54, 1.807) is 0 Å². The fourth-order valence-corrected chi connectivity index (χ4v) is 3.75. The number of rotatable bonds is 3. The number of carbonyl (C=O) groups excluding carboxylic acids is 1. The van der Waals surface area contributed by atoms with E-state index in [0.717, 1.165) is 22.1 Å². The molecular weight excluding hydrogens is 310 g/mol. The minimum absolute atomic E-state index is 0.0248. The predicted molar refractivity (Wildman–Crippen MR) is 81.3 cm³/mol. The highest BCUT2D eigenvalue weighted by Gasteiger charge is 2.16. The molecular formula is C14H18BrNOS. The number of thioether (sulfide) groups is 1. The van der Waals surface area contributed by atoms with Gasteiger partial charge in [-0.25, -0.2) is 0 Å². The van der Waals surface area contributed by atoms with E-state index >= 15 is 0 Å². The van der Waals surface area contributed by atoms with Crippen LogP contribution < -0.4 is 5.32 Å². The fourth-order valence-electron chi connectivity index (χ4n) is 2.08. The lowest BCUT2D eigenvalue weighted by Crippen LogP contribution is -2.32. The van der Waals surface area contributed by atoms with Crippen LogP contribution in [0.2, 0.25) is 0 Å². The number of amides is 1. The molecule has 0 aliphatic carbocycles. The summed E-state index contributed by atoms with van der Waals surface area (Å²) in [5.41, 5.74) is 1.84. The number of hydrogen-bond acceptors (Lipinski definition) is 2. The lowest BCUT2D eigenvalue weighted by molar-refractivity contribution is 0.0952. The average molecular weight is 328 g/mol. The molecule has 1 unspecified atom stereocenters. The molecule has 1 aliphatic rings. The van der Waals surface area contributed by atoms with Crippen LogP contribution in [0.5, 0.6) is 0 Å². The highest BCUT2D eigenvalue weighted by Crippen LogP contribution is 2.24. The van der Waals surface area contributed by atoms with Crippen molar-refractivity contribution in [2.24, 2.45) is 0 Å². The van der Waals surface area contributed by atoms with Gasteiger partial charge in [0.25, 0.3) is 5.91 Å². The third kappa shape index (κ3) is 3.75. The summed E-state index contributed by atoms with van der Waals surface area (Å²) in [6, 6.07) is 5.85. The topological polar surface area (TPSA) is 29.1 Å². The van der Waals surface area contributed by atoms with Gasteiger partial charge in [-0.2, -0.15) is 11.8 Å². The van der Waals surface area contributed by atoms with Crippen molar-refractivity contribution in [1.82, 2.24) is 5.32 Å². The molecule has 1 N–H and O–H groups in total. The number of benzene rings is 1. The second kappa shape index (κ2) is 6.62. The standard InChI is InChI=1S/C14H18BrNOS/c1-10-5-6-13(15)12(8-10)14(17)16-9-11-4-2-3-7-18-11/h5-6,8,11H,2-4,7,9H2,1H3,(H,16,17). The van der Waals surface area contributed by atoms with Crippen molar-refractivity contribution >= 4 is 33.6 Å². The molecule has 0 spiro atoms. The molecule has 1 atom stereocenters. The van der Waals surface area contributed by atoms with E-state index in [1.165, 1.54) is 25.0 Å². The third-order valence-electron chi connectivity index (χ3n) is 3.13. The van der Waals surface area contributed by atoms with Gasteiger partial charge < -0.3 is 5.32 Å². The molecule has 1 saturated heterocycles. The minimum atomic E-state index is 0.0248. The molecule has 2 nitrogen and oxygen atoms in total. The summed E-state index contributed by atoms with van der Waals surface area (Å²) in [6.07, 6.45) is 3.83. The molecule has 1 aliphatic heterocycles. The van der Waals surface area contributed by atoms with Crippen molar-refractivity contribution < 1.29 is 4.79 Å². The summed E-state index contributed by atoms with van der Waals surface area (Å²) in [4.78, 5) is 12.1. The van der Waals surface area contributed by atoms with Crippen molar-refractivity contribution in [3.63, 3.8) is 0 Å². The van der Waals surface area contributed by atoms with Crippen molar-refractivity contribution in [2.45, 2.75) is 31.4 Å². The van der Waals surface area contributed by atoms with Crippen LogP contribution in [0.15, 0.2) is 22.7 Å². The van der Waals surface area contributed by atoms with Gasteiger partial charge in [0, 0.05) is 16.3 Å².